The predicted molar refractivity (Wildman–Crippen MR) is 187 cm³/mol. The van der Waals surface area contributed by atoms with Crippen molar-refractivity contribution in [3.63, 3.8) is 0 Å². The highest BCUT2D eigenvalue weighted by atomic mass is 35.5. The first-order valence-corrected chi connectivity index (χ1v) is 16.3. The molecule has 11 nitrogen and oxygen atoms in total. The van der Waals surface area contributed by atoms with Crippen molar-refractivity contribution in [3.8, 4) is 17.5 Å². The Hall–Kier alpha value is -4.20. The molecule has 0 bridgehead atoms. The lowest BCUT2D eigenvalue weighted by molar-refractivity contribution is -0.123. The van der Waals surface area contributed by atoms with Crippen LogP contribution in [0.3, 0.4) is 0 Å². The fraction of sp³-hybridized carbons (Fsp3) is 0.156. The van der Waals surface area contributed by atoms with E-state index in [1.165, 1.54) is 30.3 Å². The van der Waals surface area contributed by atoms with Crippen molar-refractivity contribution in [2.45, 2.75) is 13.1 Å². The van der Waals surface area contributed by atoms with Crippen molar-refractivity contribution in [2.75, 3.05) is 7.11 Å². The summed E-state index contributed by atoms with van der Waals surface area (Å²) >= 11 is 25.9. The lowest BCUT2D eigenvalue weighted by atomic mass is 10.1. The van der Waals surface area contributed by atoms with Crippen LogP contribution in [0.4, 0.5) is 4.79 Å². The second-order valence-corrected chi connectivity index (χ2v) is 13.2. The fourth-order valence-electron chi connectivity index (χ4n) is 5.06. The van der Waals surface area contributed by atoms with Gasteiger partial charge in [0.05, 0.1) is 25.1 Å². The second kappa shape index (κ2) is 13.4. The quantitative estimate of drug-likeness (QED) is 0.154. The maximum Gasteiger partial charge on any atom is 0.332 e. The van der Waals surface area contributed by atoms with Gasteiger partial charge >= 0.3 is 11.7 Å². The van der Waals surface area contributed by atoms with Crippen molar-refractivity contribution >= 4 is 86.6 Å². The summed E-state index contributed by atoms with van der Waals surface area (Å²) < 4.78 is 15.6. The number of ether oxygens (including phenoxy) is 2. The Morgan fingerprint density at radius 3 is 2.27 bits per heavy atom. The molecule has 3 heterocycles. The second-order valence-electron chi connectivity index (χ2n) is 10.6. The van der Waals surface area contributed by atoms with Gasteiger partial charge in [0.15, 0.2) is 22.7 Å². The normalized spacial score (nSPS) is 14.1. The van der Waals surface area contributed by atoms with E-state index in [0.717, 1.165) is 21.2 Å². The Morgan fingerprint density at radius 2 is 1.58 bits per heavy atom. The largest absolute Gasteiger partial charge is 0.493 e. The summed E-state index contributed by atoms with van der Waals surface area (Å²) in [5, 5.41) is 1.03. The number of nitrogens with zero attached hydrogens (tertiary/aromatic N) is 5. The first-order valence-electron chi connectivity index (χ1n) is 14.0. The van der Waals surface area contributed by atoms with E-state index in [0.29, 0.717) is 36.8 Å². The van der Waals surface area contributed by atoms with E-state index >= 15 is 0 Å². The number of carbonyl (C=O) groups excluding carboxylic acids is 2. The molecule has 0 radical (unpaired) electrons. The molecule has 2 aromatic heterocycles. The van der Waals surface area contributed by atoms with Crippen LogP contribution < -0.4 is 20.7 Å². The van der Waals surface area contributed by atoms with Crippen molar-refractivity contribution in [2.24, 2.45) is 14.1 Å². The van der Waals surface area contributed by atoms with Gasteiger partial charge in [0.2, 0.25) is 0 Å². The number of aryl methyl sites for hydroxylation is 1. The first kappa shape index (κ1) is 33.7. The van der Waals surface area contributed by atoms with Gasteiger partial charge in [0.25, 0.3) is 16.7 Å². The van der Waals surface area contributed by atoms with Gasteiger partial charge in [0.1, 0.15) is 0 Å². The zero-order valence-electron chi connectivity index (χ0n) is 25.3. The Labute approximate surface area is 296 Å². The van der Waals surface area contributed by atoms with Gasteiger partial charge in [-0.3, -0.25) is 33.0 Å². The third kappa shape index (κ3) is 6.22. The number of imidazole rings is 1. The first-order chi connectivity index (χ1) is 22.9. The fourth-order valence-corrected chi connectivity index (χ4v) is 6.88. The zero-order valence-corrected chi connectivity index (χ0v) is 29.1. The van der Waals surface area contributed by atoms with Crippen LogP contribution in [0.1, 0.15) is 16.7 Å². The molecule has 1 saturated heterocycles. The molecule has 246 valence electrons. The maximum absolute atomic E-state index is 13.3. The van der Waals surface area contributed by atoms with Gasteiger partial charge < -0.3 is 9.47 Å². The average Bonchev–Trinajstić information content (AvgIpc) is 3.54. The Bertz CT molecular complexity index is 2300. The highest BCUT2D eigenvalue weighted by molar-refractivity contribution is 8.18. The van der Waals surface area contributed by atoms with Gasteiger partial charge in [-0.25, -0.2) is 4.79 Å². The zero-order chi connectivity index (χ0) is 34.4. The number of thioether (sulfide) groups is 1. The number of fused-ring (bicyclic) bond motifs is 1. The minimum absolute atomic E-state index is 0.0141. The monoisotopic (exact) mass is 745 g/mol. The van der Waals surface area contributed by atoms with Crippen LogP contribution in [0, 0.1) is 0 Å². The lowest BCUT2D eigenvalue weighted by Gasteiger charge is -2.15. The Balaban J connectivity index is 1.35. The Kier molecular flexibility index (Phi) is 9.38. The number of methoxy groups -OCH3 is 1. The molecule has 2 amide bonds. The third-order valence-corrected chi connectivity index (χ3v) is 9.80. The molecular formula is C32H23Cl4N5O6S. The van der Waals surface area contributed by atoms with Crippen molar-refractivity contribution in [3.05, 3.63) is 117 Å². The molecule has 16 heteroatoms. The highest BCUT2D eigenvalue weighted by Crippen LogP contribution is 2.38. The summed E-state index contributed by atoms with van der Waals surface area (Å²) in [6.07, 6.45) is 1.56. The van der Waals surface area contributed by atoms with E-state index in [-0.39, 0.29) is 46.7 Å². The lowest BCUT2D eigenvalue weighted by Crippen LogP contribution is -2.37. The van der Waals surface area contributed by atoms with Crippen LogP contribution in [0.25, 0.3) is 17.2 Å². The standard InChI is InChI=1S/C32H23Cl4N5O6S/c1-38-27-26(29(43)39(2)31(38)44)40(14-17-8-9-18(33)13-22(17)36)30(37-27)47-23-10-7-16(11-24(23)46-3)12-25-28(42)41(32(45)48-25)15-19-20(34)5-4-6-21(19)35/h4-13H,14-15H2,1-3H3/b25-12-. The number of aromatic nitrogens is 4. The van der Waals surface area contributed by atoms with E-state index in [1.807, 2.05) is 0 Å². The van der Waals surface area contributed by atoms with E-state index in [2.05, 4.69) is 4.98 Å². The minimum atomic E-state index is -0.575. The molecule has 0 atom stereocenters. The predicted octanol–water partition coefficient (Wildman–Crippen LogP) is 7.13. The van der Waals surface area contributed by atoms with Crippen LogP contribution >= 0.6 is 58.2 Å². The van der Waals surface area contributed by atoms with Crippen LogP contribution in [0.2, 0.25) is 20.1 Å². The number of halogens is 4. The van der Waals surface area contributed by atoms with Crippen molar-refractivity contribution in [1.29, 1.82) is 0 Å². The van der Waals surface area contributed by atoms with Crippen molar-refractivity contribution in [1.82, 2.24) is 23.6 Å². The van der Waals surface area contributed by atoms with Crippen LogP contribution in [0.15, 0.2) is 69.1 Å². The number of benzene rings is 3. The number of imide groups is 1. The Morgan fingerprint density at radius 1 is 0.854 bits per heavy atom. The summed E-state index contributed by atoms with van der Waals surface area (Å²) in [6, 6.07) is 14.8. The number of amides is 2. The molecule has 1 fully saturated rings. The van der Waals surface area contributed by atoms with E-state index in [1.54, 1.807) is 60.7 Å². The molecule has 48 heavy (non-hydrogen) atoms. The van der Waals surface area contributed by atoms with Crippen LogP contribution in [-0.4, -0.2) is 41.8 Å². The summed E-state index contributed by atoms with van der Waals surface area (Å²) in [5.74, 6) is -0.0190. The molecule has 0 aliphatic carbocycles. The van der Waals surface area contributed by atoms with Crippen LogP contribution in [-0.2, 0) is 32.0 Å². The van der Waals surface area contributed by atoms with Crippen molar-refractivity contribution < 1.29 is 19.1 Å². The number of hydrogen-bond acceptors (Lipinski definition) is 8. The minimum Gasteiger partial charge on any atom is -0.493 e. The van der Waals surface area contributed by atoms with Gasteiger partial charge in [-0.15, -0.1) is 0 Å². The summed E-state index contributed by atoms with van der Waals surface area (Å²) in [4.78, 5) is 57.8. The maximum atomic E-state index is 13.3. The molecule has 3 aromatic carbocycles. The van der Waals surface area contributed by atoms with Crippen LogP contribution in [0.5, 0.6) is 17.5 Å². The topological polar surface area (TPSA) is 118 Å². The molecule has 1 aliphatic heterocycles. The molecular weight excluding hydrogens is 724 g/mol. The molecule has 0 unspecified atom stereocenters. The van der Waals surface area contributed by atoms with Gasteiger partial charge in [-0.05, 0) is 65.4 Å². The average molecular weight is 747 g/mol. The summed E-state index contributed by atoms with van der Waals surface area (Å²) in [7, 11) is 4.31. The molecule has 0 N–H and O–H groups in total. The highest BCUT2D eigenvalue weighted by Gasteiger charge is 2.36. The van der Waals surface area contributed by atoms with E-state index in [4.69, 9.17) is 55.9 Å². The van der Waals surface area contributed by atoms with Gasteiger partial charge in [-0.1, -0.05) is 64.6 Å². The molecule has 6 rings (SSSR count). The van der Waals surface area contributed by atoms with E-state index < -0.39 is 22.4 Å². The molecule has 1 aliphatic rings. The van der Waals surface area contributed by atoms with Gasteiger partial charge in [-0.2, -0.15) is 4.98 Å². The molecule has 0 saturated carbocycles. The van der Waals surface area contributed by atoms with E-state index in [9.17, 15) is 19.2 Å². The third-order valence-electron chi connectivity index (χ3n) is 7.59. The summed E-state index contributed by atoms with van der Waals surface area (Å²) in [6.45, 7) is -0.0153. The molecule has 0 spiro atoms. The molecule has 5 aromatic rings. The number of hydrogen-bond donors (Lipinski definition) is 0. The smallest absolute Gasteiger partial charge is 0.332 e. The number of carbonyl (C=O) groups is 2. The number of rotatable bonds is 8. The van der Waals surface area contributed by atoms with Gasteiger partial charge in [0, 0.05) is 39.7 Å². The summed E-state index contributed by atoms with van der Waals surface area (Å²) in [5.41, 5.74) is 0.711. The SMILES string of the molecule is COc1cc(/C=C2\SC(=O)N(Cc3c(Cl)cccc3Cl)C2=O)ccc1Oc1nc2c(c(=O)n(C)c(=O)n2C)n1Cc1ccc(Cl)cc1Cl.